The third-order valence-corrected chi connectivity index (χ3v) is 5.90. The highest BCUT2D eigenvalue weighted by atomic mass is 32.1. The maximum Gasteiger partial charge on any atom is 0.286 e. The van der Waals surface area contributed by atoms with Gasteiger partial charge in [0.15, 0.2) is 0 Å². The van der Waals surface area contributed by atoms with E-state index < -0.39 is 0 Å². The summed E-state index contributed by atoms with van der Waals surface area (Å²) in [7, 11) is 0. The lowest BCUT2D eigenvalue weighted by atomic mass is 10.3. The molecule has 0 radical (unpaired) electrons. The van der Waals surface area contributed by atoms with Gasteiger partial charge in [0.25, 0.3) is 5.91 Å². The van der Waals surface area contributed by atoms with Gasteiger partial charge >= 0.3 is 0 Å². The molecule has 2 amide bonds. The van der Waals surface area contributed by atoms with Gasteiger partial charge in [0, 0.05) is 45.0 Å². The van der Waals surface area contributed by atoms with E-state index in [4.69, 9.17) is 0 Å². The minimum Gasteiger partial charge on any atom is -0.342 e. The third-order valence-electron chi connectivity index (χ3n) is 4.99. The molecule has 1 saturated heterocycles. The number of amides is 2. The van der Waals surface area contributed by atoms with Gasteiger partial charge in [-0.05, 0) is 26.0 Å². The molecule has 29 heavy (non-hydrogen) atoms. The first-order valence-electron chi connectivity index (χ1n) is 10.00. The second-order valence-electron chi connectivity index (χ2n) is 6.94. The molecule has 1 fully saturated rings. The number of hydrogen-bond donors (Lipinski definition) is 1. The minimum atomic E-state index is -0.236. The normalized spacial score (nSPS) is 15.2. The van der Waals surface area contributed by atoms with Gasteiger partial charge < -0.3 is 10.2 Å². The lowest BCUT2D eigenvalue weighted by Crippen LogP contribution is -2.49. The molecule has 8 nitrogen and oxygen atoms in total. The van der Waals surface area contributed by atoms with Gasteiger partial charge in [0.05, 0.1) is 13.1 Å². The number of benzene rings is 1. The van der Waals surface area contributed by atoms with Crippen LogP contribution in [0.2, 0.25) is 0 Å². The zero-order chi connectivity index (χ0) is 20.6. The van der Waals surface area contributed by atoms with Crippen molar-refractivity contribution in [2.24, 2.45) is 0 Å². The molecule has 0 spiro atoms. The molecule has 0 bridgehead atoms. The van der Waals surface area contributed by atoms with Crippen LogP contribution in [0.1, 0.15) is 28.7 Å². The van der Waals surface area contributed by atoms with Crippen LogP contribution < -0.4 is 5.32 Å². The molecule has 9 heteroatoms. The van der Waals surface area contributed by atoms with Crippen molar-refractivity contribution in [2.45, 2.75) is 20.4 Å². The van der Waals surface area contributed by atoms with E-state index in [2.05, 4.69) is 25.3 Å². The quantitative estimate of drug-likeness (QED) is 0.706. The monoisotopic (exact) mass is 416 g/mol. The fourth-order valence-corrected chi connectivity index (χ4v) is 4.06. The van der Waals surface area contributed by atoms with Crippen LogP contribution in [0.15, 0.2) is 30.3 Å². The molecule has 0 unspecified atom stereocenters. The zero-order valence-electron chi connectivity index (χ0n) is 17.0. The van der Waals surface area contributed by atoms with Gasteiger partial charge in [-0.3, -0.25) is 19.4 Å². The first-order chi connectivity index (χ1) is 14.1. The number of aromatic nitrogens is 2. The topological polar surface area (TPSA) is 81.7 Å². The molecular formula is C20H28N6O2S. The summed E-state index contributed by atoms with van der Waals surface area (Å²) in [5.41, 5.74) is 0.740. The van der Waals surface area contributed by atoms with Crippen molar-refractivity contribution >= 4 is 28.8 Å². The fraction of sp³-hybridized carbons (Fsp3) is 0.500. The van der Waals surface area contributed by atoms with Gasteiger partial charge in [-0.25, -0.2) is 0 Å². The molecule has 0 saturated carbocycles. The highest BCUT2D eigenvalue weighted by molar-refractivity contribution is 7.13. The Hall–Kier alpha value is -2.36. The van der Waals surface area contributed by atoms with E-state index in [1.807, 2.05) is 49.1 Å². The van der Waals surface area contributed by atoms with Gasteiger partial charge in [-0.15, -0.1) is 10.2 Å². The Morgan fingerprint density at radius 2 is 1.69 bits per heavy atom. The molecule has 2 heterocycles. The Labute approximate surface area is 175 Å². The van der Waals surface area contributed by atoms with Gasteiger partial charge in [0.2, 0.25) is 10.9 Å². The Morgan fingerprint density at radius 3 is 2.34 bits per heavy atom. The van der Waals surface area contributed by atoms with Crippen LogP contribution in [0.25, 0.3) is 0 Å². The number of piperazine rings is 1. The molecule has 1 aliphatic rings. The average Bonchev–Trinajstić information content (AvgIpc) is 3.20. The maximum absolute atomic E-state index is 12.3. The van der Waals surface area contributed by atoms with E-state index >= 15 is 0 Å². The Balaban J connectivity index is 1.45. The summed E-state index contributed by atoms with van der Waals surface area (Å²) in [5, 5.41) is 12.2. The van der Waals surface area contributed by atoms with E-state index in [0.29, 0.717) is 18.1 Å². The van der Waals surface area contributed by atoms with Crippen molar-refractivity contribution < 1.29 is 9.59 Å². The molecule has 1 aliphatic heterocycles. The summed E-state index contributed by atoms with van der Waals surface area (Å²) in [6.07, 6.45) is 0. The van der Waals surface area contributed by atoms with E-state index in [9.17, 15) is 9.59 Å². The van der Waals surface area contributed by atoms with Gasteiger partial charge in [0.1, 0.15) is 5.01 Å². The standard InChI is InChI=1S/C20H28N6O2S/c1-3-26(4-2)18(27)15-25-12-10-24(11-13-25)14-17-22-23-20(29-17)19(28)21-16-8-6-5-7-9-16/h5-9H,3-4,10-15H2,1-2H3,(H,21,28). The average molecular weight is 417 g/mol. The maximum atomic E-state index is 12.3. The van der Waals surface area contributed by atoms with Crippen LogP contribution in [-0.2, 0) is 11.3 Å². The van der Waals surface area contributed by atoms with Crippen molar-refractivity contribution in [1.29, 1.82) is 0 Å². The van der Waals surface area contributed by atoms with Crippen LogP contribution in [0.5, 0.6) is 0 Å². The van der Waals surface area contributed by atoms with Crippen LogP contribution in [0.3, 0.4) is 0 Å². The molecule has 2 aromatic rings. The fourth-order valence-electron chi connectivity index (χ4n) is 3.28. The Kier molecular flexibility index (Phi) is 7.68. The Bertz CT molecular complexity index is 800. The van der Waals surface area contributed by atoms with Gasteiger partial charge in [-0.1, -0.05) is 29.5 Å². The minimum absolute atomic E-state index is 0.196. The number of hydrogen-bond acceptors (Lipinski definition) is 7. The van der Waals surface area contributed by atoms with Crippen LogP contribution in [0.4, 0.5) is 5.69 Å². The largest absolute Gasteiger partial charge is 0.342 e. The molecule has 3 rings (SSSR count). The van der Waals surface area contributed by atoms with E-state index in [0.717, 1.165) is 50.0 Å². The lowest BCUT2D eigenvalue weighted by molar-refractivity contribution is -0.132. The number of para-hydroxylation sites is 1. The first kappa shape index (κ1) is 21.4. The lowest BCUT2D eigenvalue weighted by Gasteiger charge is -2.34. The number of nitrogens with zero attached hydrogens (tertiary/aromatic N) is 5. The summed E-state index contributed by atoms with van der Waals surface area (Å²) < 4.78 is 0. The molecule has 1 N–H and O–H groups in total. The van der Waals surface area contributed by atoms with Crippen molar-refractivity contribution in [3.63, 3.8) is 0 Å². The predicted molar refractivity (Wildman–Crippen MR) is 114 cm³/mol. The summed E-state index contributed by atoms with van der Waals surface area (Å²) in [5.74, 6) is -0.0404. The second-order valence-corrected chi connectivity index (χ2v) is 8.00. The SMILES string of the molecule is CCN(CC)C(=O)CN1CCN(Cc2nnc(C(=O)Nc3ccccc3)s2)CC1. The van der Waals surface area contributed by atoms with E-state index in [-0.39, 0.29) is 11.8 Å². The highest BCUT2D eigenvalue weighted by Gasteiger charge is 2.22. The van der Waals surface area contributed by atoms with E-state index in [1.54, 1.807) is 0 Å². The number of carbonyl (C=O) groups excluding carboxylic acids is 2. The Morgan fingerprint density at radius 1 is 1.03 bits per heavy atom. The number of nitrogens with one attached hydrogen (secondary N) is 1. The molecule has 0 atom stereocenters. The molecule has 156 valence electrons. The third kappa shape index (κ3) is 6.06. The van der Waals surface area contributed by atoms with Crippen molar-refractivity contribution in [2.75, 3.05) is 51.1 Å². The summed E-state index contributed by atoms with van der Waals surface area (Å²) in [6, 6.07) is 9.32. The summed E-state index contributed by atoms with van der Waals surface area (Å²) >= 11 is 1.32. The smallest absolute Gasteiger partial charge is 0.286 e. The van der Waals surface area contributed by atoms with Crippen molar-refractivity contribution in [3.8, 4) is 0 Å². The second kappa shape index (κ2) is 10.4. The van der Waals surface area contributed by atoms with Gasteiger partial charge in [-0.2, -0.15) is 0 Å². The van der Waals surface area contributed by atoms with E-state index in [1.165, 1.54) is 11.3 Å². The van der Waals surface area contributed by atoms with Crippen LogP contribution in [-0.4, -0.2) is 82.5 Å². The first-order valence-corrected chi connectivity index (χ1v) is 10.8. The van der Waals surface area contributed by atoms with Crippen LogP contribution >= 0.6 is 11.3 Å². The summed E-state index contributed by atoms with van der Waals surface area (Å²) in [4.78, 5) is 30.9. The highest BCUT2D eigenvalue weighted by Crippen LogP contribution is 2.16. The number of anilines is 1. The molecular weight excluding hydrogens is 388 g/mol. The summed E-state index contributed by atoms with van der Waals surface area (Å²) in [6.45, 7) is 10.1. The number of rotatable bonds is 8. The number of carbonyl (C=O) groups is 2. The molecule has 1 aromatic heterocycles. The predicted octanol–water partition coefficient (Wildman–Crippen LogP) is 1.78. The zero-order valence-corrected chi connectivity index (χ0v) is 17.8. The van der Waals surface area contributed by atoms with Crippen LogP contribution in [0, 0.1) is 0 Å². The molecule has 1 aromatic carbocycles. The van der Waals surface area contributed by atoms with Crippen molar-refractivity contribution in [1.82, 2.24) is 24.9 Å². The molecule has 0 aliphatic carbocycles. The van der Waals surface area contributed by atoms with Crippen molar-refractivity contribution in [3.05, 3.63) is 40.3 Å². The number of likely N-dealkylation sites (N-methyl/N-ethyl adjacent to an activating group) is 1.